The van der Waals surface area contributed by atoms with E-state index >= 15 is 0 Å². The lowest BCUT2D eigenvalue weighted by molar-refractivity contribution is 0.669. The third kappa shape index (κ3) is 5.79. The van der Waals surface area contributed by atoms with E-state index in [2.05, 4.69) is 199 Å². The fourth-order valence-electron chi connectivity index (χ4n) is 8.13. The molecule has 0 saturated heterocycles. The van der Waals surface area contributed by atoms with Crippen LogP contribution in [-0.4, -0.2) is 0 Å². The summed E-state index contributed by atoms with van der Waals surface area (Å²) in [5, 5.41) is 4.85. The molecule has 0 spiro atoms. The zero-order chi connectivity index (χ0) is 35.8. The number of hydrogen-bond donors (Lipinski definition) is 0. The van der Waals surface area contributed by atoms with E-state index in [0.717, 1.165) is 45.4 Å². The molecule has 0 aliphatic heterocycles. The van der Waals surface area contributed by atoms with Crippen LogP contribution in [0, 0.1) is 0 Å². The molecule has 0 bridgehead atoms. The summed E-state index contributed by atoms with van der Waals surface area (Å²) >= 11 is 0. The van der Waals surface area contributed by atoms with Gasteiger partial charge in [-0.1, -0.05) is 158 Å². The van der Waals surface area contributed by atoms with Crippen molar-refractivity contribution in [3.05, 3.63) is 218 Å². The van der Waals surface area contributed by atoms with Crippen molar-refractivity contribution in [3.8, 4) is 33.4 Å². The molecule has 54 heavy (non-hydrogen) atoms. The number of fused-ring (bicyclic) bond motifs is 4. The summed E-state index contributed by atoms with van der Waals surface area (Å²) in [6, 6.07) is 67.5. The van der Waals surface area contributed by atoms with Crippen LogP contribution in [0.4, 0.5) is 11.4 Å². The zero-order valence-corrected chi connectivity index (χ0v) is 29.8. The number of furan rings is 1. The molecule has 0 fully saturated rings. The second-order valence-corrected chi connectivity index (χ2v) is 14.1. The van der Waals surface area contributed by atoms with E-state index in [1.54, 1.807) is 0 Å². The zero-order valence-electron chi connectivity index (χ0n) is 29.8. The van der Waals surface area contributed by atoms with Crippen LogP contribution in [0.15, 0.2) is 216 Å². The molecule has 0 saturated carbocycles. The van der Waals surface area contributed by atoms with Gasteiger partial charge < -0.3 is 9.32 Å². The van der Waals surface area contributed by atoms with Gasteiger partial charge >= 0.3 is 0 Å². The molecule has 1 aromatic heterocycles. The summed E-state index contributed by atoms with van der Waals surface area (Å²) in [5.41, 5.74) is 13.8. The molecule has 0 radical (unpaired) electrons. The van der Waals surface area contributed by atoms with Crippen LogP contribution in [0.25, 0.3) is 66.1 Å². The Morgan fingerprint density at radius 3 is 1.87 bits per heavy atom. The first-order valence-electron chi connectivity index (χ1n) is 18.7. The number of hydrogen-bond acceptors (Lipinski definition) is 2. The number of nitrogens with zero attached hydrogens (tertiary/aromatic N) is 1. The molecule has 2 nitrogen and oxygen atoms in total. The molecule has 1 unspecified atom stereocenters. The van der Waals surface area contributed by atoms with Crippen molar-refractivity contribution in [2.75, 3.05) is 4.90 Å². The van der Waals surface area contributed by atoms with Gasteiger partial charge in [-0.05, 0) is 105 Å². The van der Waals surface area contributed by atoms with E-state index in [-0.39, 0.29) is 0 Å². The van der Waals surface area contributed by atoms with Gasteiger partial charge in [0.2, 0.25) is 0 Å². The molecular formula is C52H37NO. The summed E-state index contributed by atoms with van der Waals surface area (Å²) in [7, 11) is 0. The predicted molar refractivity (Wildman–Crippen MR) is 227 cm³/mol. The summed E-state index contributed by atoms with van der Waals surface area (Å²) in [6.07, 6.45) is 7.99. The van der Waals surface area contributed by atoms with E-state index in [9.17, 15) is 0 Å². The minimum Gasteiger partial charge on any atom is -0.456 e. The number of para-hydroxylation sites is 1. The van der Waals surface area contributed by atoms with Gasteiger partial charge in [0.05, 0.1) is 0 Å². The van der Waals surface area contributed by atoms with Crippen LogP contribution >= 0.6 is 0 Å². The molecule has 2 heteroatoms. The standard InChI is InChI=1S/C52H37NO/c1-3-12-37(13-4-1)47-32-26-41(34-49(47)39-14-5-2-6-15-39)36-22-27-42(28-23-36)53(44-31-33-52-50(35-44)48-19-9-10-21-51(48)54-52)43-29-24-40(25-30-43)46-20-11-17-38-16-7-8-18-45(38)46/h1-24,26-35,40H,25H2. The van der Waals surface area contributed by atoms with Crippen molar-refractivity contribution < 1.29 is 4.42 Å². The highest BCUT2D eigenvalue weighted by Crippen LogP contribution is 2.41. The van der Waals surface area contributed by atoms with Gasteiger partial charge in [-0.25, -0.2) is 0 Å². The average molecular weight is 692 g/mol. The maximum atomic E-state index is 6.23. The van der Waals surface area contributed by atoms with Gasteiger partial charge in [-0.3, -0.25) is 0 Å². The highest BCUT2D eigenvalue weighted by molar-refractivity contribution is 6.06. The molecule has 8 aromatic carbocycles. The van der Waals surface area contributed by atoms with Crippen LogP contribution in [0.2, 0.25) is 0 Å². The van der Waals surface area contributed by atoms with E-state index in [4.69, 9.17) is 4.42 Å². The Labute approximate surface area is 315 Å². The molecule has 1 aliphatic carbocycles. The lowest BCUT2D eigenvalue weighted by Crippen LogP contribution is -2.17. The molecule has 10 rings (SSSR count). The molecule has 256 valence electrons. The highest BCUT2D eigenvalue weighted by atomic mass is 16.3. The fraction of sp³-hybridized carbons (Fsp3) is 0.0385. The maximum absolute atomic E-state index is 6.23. The third-order valence-electron chi connectivity index (χ3n) is 10.8. The summed E-state index contributed by atoms with van der Waals surface area (Å²) < 4.78 is 6.23. The van der Waals surface area contributed by atoms with E-state index in [1.165, 1.54) is 49.7 Å². The van der Waals surface area contributed by atoms with Crippen molar-refractivity contribution >= 4 is 44.1 Å². The second-order valence-electron chi connectivity index (χ2n) is 14.1. The molecular weight excluding hydrogens is 655 g/mol. The molecule has 1 aliphatic rings. The Bertz CT molecular complexity index is 2840. The topological polar surface area (TPSA) is 16.4 Å². The first kappa shape index (κ1) is 31.8. The molecule has 0 amide bonds. The second kappa shape index (κ2) is 13.6. The van der Waals surface area contributed by atoms with Crippen molar-refractivity contribution in [2.45, 2.75) is 12.3 Å². The monoisotopic (exact) mass is 691 g/mol. The Hall–Kier alpha value is -6.90. The molecule has 1 atom stereocenters. The Morgan fingerprint density at radius 2 is 1.09 bits per heavy atom. The van der Waals surface area contributed by atoms with Gasteiger partial charge in [-0.2, -0.15) is 0 Å². The molecule has 1 heterocycles. The first-order chi connectivity index (χ1) is 26.8. The van der Waals surface area contributed by atoms with Crippen molar-refractivity contribution in [1.29, 1.82) is 0 Å². The normalized spacial score (nSPS) is 14.1. The van der Waals surface area contributed by atoms with Gasteiger partial charge in [0.15, 0.2) is 0 Å². The minimum absolute atomic E-state index is 0.307. The number of rotatable bonds is 7. The van der Waals surface area contributed by atoms with Crippen molar-refractivity contribution in [3.63, 3.8) is 0 Å². The van der Waals surface area contributed by atoms with Gasteiger partial charge in [-0.15, -0.1) is 0 Å². The predicted octanol–water partition coefficient (Wildman–Crippen LogP) is 14.5. The molecule has 9 aromatic rings. The minimum atomic E-state index is 0.307. The van der Waals surface area contributed by atoms with E-state index < -0.39 is 0 Å². The van der Waals surface area contributed by atoms with Crippen molar-refractivity contribution in [2.24, 2.45) is 0 Å². The lowest BCUT2D eigenvalue weighted by atomic mass is 9.88. The Balaban J connectivity index is 1.04. The third-order valence-corrected chi connectivity index (χ3v) is 10.8. The van der Waals surface area contributed by atoms with Crippen LogP contribution in [0.3, 0.4) is 0 Å². The largest absolute Gasteiger partial charge is 0.456 e. The van der Waals surface area contributed by atoms with Gasteiger partial charge in [0.1, 0.15) is 11.2 Å². The highest BCUT2D eigenvalue weighted by Gasteiger charge is 2.21. The van der Waals surface area contributed by atoms with Crippen LogP contribution in [0.5, 0.6) is 0 Å². The quantitative estimate of drug-likeness (QED) is 0.165. The van der Waals surface area contributed by atoms with Crippen molar-refractivity contribution in [1.82, 2.24) is 0 Å². The number of allylic oxidation sites excluding steroid dienone is 3. The maximum Gasteiger partial charge on any atom is 0.135 e. The summed E-state index contributed by atoms with van der Waals surface area (Å²) in [5.74, 6) is 0.307. The Morgan fingerprint density at radius 1 is 0.444 bits per heavy atom. The smallest absolute Gasteiger partial charge is 0.135 e. The van der Waals surface area contributed by atoms with Crippen LogP contribution in [-0.2, 0) is 0 Å². The number of anilines is 2. The average Bonchev–Trinajstić information content (AvgIpc) is 3.63. The van der Waals surface area contributed by atoms with E-state index in [0.29, 0.717) is 5.92 Å². The lowest BCUT2D eigenvalue weighted by Gasteiger charge is -2.29. The summed E-state index contributed by atoms with van der Waals surface area (Å²) in [6.45, 7) is 0. The van der Waals surface area contributed by atoms with Crippen LogP contribution in [0.1, 0.15) is 17.9 Å². The van der Waals surface area contributed by atoms with E-state index in [1.807, 2.05) is 12.1 Å². The van der Waals surface area contributed by atoms with Crippen LogP contribution < -0.4 is 4.90 Å². The Kier molecular flexibility index (Phi) is 8.00. The number of benzene rings is 8. The molecule has 0 N–H and O–H groups in total. The SMILES string of the molecule is C1=CC(c2cccc3ccccc23)CC=C1N(c1ccc(-c2ccc(-c3ccccc3)c(-c3ccccc3)c2)cc1)c1ccc2oc3ccccc3c2c1. The fourth-order valence-corrected chi connectivity index (χ4v) is 8.13. The summed E-state index contributed by atoms with van der Waals surface area (Å²) in [4.78, 5) is 2.38. The first-order valence-corrected chi connectivity index (χ1v) is 18.7. The van der Waals surface area contributed by atoms with Gasteiger partial charge in [0.25, 0.3) is 0 Å². The van der Waals surface area contributed by atoms with Gasteiger partial charge in [0, 0.05) is 33.8 Å².